The van der Waals surface area contributed by atoms with Crippen molar-refractivity contribution in [1.29, 1.82) is 0 Å². The molecule has 2 N–H and O–H groups in total. The van der Waals surface area contributed by atoms with Crippen LogP contribution in [0.1, 0.15) is 58.3 Å². The molecule has 1 aliphatic carbocycles. The van der Waals surface area contributed by atoms with Gasteiger partial charge in [0, 0.05) is 6.04 Å². The van der Waals surface area contributed by atoms with Crippen molar-refractivity contribution in [1.82, 2.24) is 10.6 Å². The quantitative estimate of drug-likeness (QED) is 0.568. The van der Waals surface area contributed by atoms with Crippen molar-refractivity contribution in [2.75, 3.05) is 19.6 Å². The molecule has 0 radical (unpaired) electrons. The van der Waals surface area contributed by atoms with Gasteiger partial charge in [-0.25, -0.2) is 0 Å². The summed E-state index contributed by atoms with van der Waals surface area (Å²) >= 11 is 0. The number of nitrogens with one attached hydrogen (secondary N) is 2. The van der Waals surface area contributed by atoms with Crippen molar-refractivity contribution in [3.8, 4) is 0 Å². The second-order valence-electron chi connectivity index (χ2n) is 6.27. The number of rotatable bonds is 5. The Morgan fingerprint density at radius 1 is 1.12 bits per heavy atom. The maximum absolute atomic E-state index is 3.79. The molecule has 0 amide bonds. The van der Waals surface area contributed by atoms with E-state index in [1.165, 1.54) is 71.0 Å². The molecule has 1 heterocycles. The highest BCUT2D eigenvalue weighted by molar-refractivity contribution is 4.75. The maximum Gasteiger partial charge on any atom is 0.00671 e. The number of hydrogen-bond acceptors (Lipinski definition) is 2. The summed E-state index contributed by atoms with van der Waals surface area (Å²) in [7, 11) is 0. The normalized spacial score (nSPS) is 34.8. The molecular formula is C15H30N2. The first-order valence-electron chi connectivity index (χ1n) is 7.78. The molecular weight excluding hydrogens is 208 g/mol. The lowest BCUT2D eigenvalue weighted by molar-refractivity contribution is 0.423. The highest BCUT2D eigenvalue weighted by Gasteiger charge is 2.16. The average Bonchev–Trinajstić information content (AvgIpc) is 2.75. The Morgan fingerprint density at radius 2 is 2.06 bits per heavy atom. The first-order valence-corrected chi connectivity index (χ1v) is 7.78. The summed E-state index contributed by atoms with van der Waals surface area (Å²) in [5.41, 5.74) is 0. The van der Waals surface area contributed by atoms with Crippen LogP contribution in [0.15, 0.2) is 0 Å². The zero-order valence-electron chi connectivity index (χ0n) is 11.5. The minimum atomic E-state index is 0.821. The molecule has 2 heteroatoms. The fraction of sp³-hybridized carbons (Fsp3) is 1.00. The first kappa shape index (κ1) is 13.4. The van der Waals surface area contributed by atoms with Crippen LogP contribution in [0.3, 0.4) is 0 Å². The van der Waals surface area contributed by atoms with Gasteiger partial charge in [0.1, 0.15) is 0 Å². The molecule has 2 nitrogen and oxygen atoms in total. The van der Waals surface area contributed by atoms with Gasteiger partial charge in [-0.05, 0) is 70.0 Å². The van der Waals surface area contributed by atoms with E-state index in [1.54, 1.807) is 0 Å². The van der Waals surface area contributed by atoms with Gasteiger partial charge in [-0.3, -0.25) is 0 Å². The Labute approximate surface area is 107 Å². The molecule has 100 valence electrons. The molecule has 3 unspecified atom stereocenters. The van der Waals surface area contributed by atoms with E-state index < -0.39 is 0 Å². The third-order valence-electron chi connectivity index (χ3n) is 4.64. The average molecular weight is 238 g/mol. The van der Waals surface area contributed by atoms with Gasteiger partial charge in [0.25, 0.3) is 0 Å². The topological polar surface area (TPSA) is 24.1 Å². The van der Waals surface area contributed by atoms with E-state index in [9.17, 15) is 0 Å². The molecule has 1 aliphatic heterocycles. The van der Waals surface area contributed by atoms with E-state index in [0.717, 1.165) is 17.9 Å². The van der Waals surface area contributed by atoms with Gasteiger partial charge in [-0.1, -0.05) is 19.8 Å². The molecule has 0 aromatic rings. The molecule has 0 aromatic carbocycles. The summed E-state index contributed by atoms with van der Waals surface area (Å²) in [6.07, 6.45) is 11.3. The van der Waals surface area contributed by atoms with Crippen molar-refractivity contribution >= 4 is 0 Å². The predicted molar refractivity (Wildman–Crippen MR) is 74.3 cm³/mol. The van der Waals surface area contributed by atoms with Gasteiger partial charge in [0.15, 0.2) is 0 Å². The van der Waals surface area contributed by atoms with Crippen molar-refractivity contribution in [2.24, 2.45) is 11.8 Å². The van der Waals surface area contributed by atoms with E-state index in [1.807, 2.05) is 0 Å². The van der Waals surface area contributed by atoms with Gasteiger partial charge in [0.05, 0.1) is 0 Å². The minimum absolute atomic E-state index is 0.821. The van der Waals surface area contributed by atoms with E-state index in [-0.39, 0.29) is 0 Å². The molecule has 2 fully saturated rings. The molecule has 2 rings (SSSR count). The zero-order valence-corrected chi connectivity index (χ0v) is 11.5. The highest BCUT2D eigenvalue weighted by atomic mass is 14.9. The van der Waals surface area contributed by atoms with Crippen LogP contribution in [-0.2, 0) is 0 Å². The first-order chi connectivity index (χ1) is 8.34. The van der Waals surface area contributed by atoms with Crippen LogP contribution in [-0.4, -0.2) is 25.7 Å². The predicted octanol–water partition coefficient (Wildman–Crippen LogP) is 2.93. The molecule has 0 aromatic heterocycles. The summed E-state index contributed by atoms with van der Waals surface area (Å²) in [5, 5.41) is 7.24. The van der Waals surface area contributed by atoms with E-state index >= 15 is 0 Å². The Morgan fingerprint density at radius 3 is 2.88 bits per heavy atom. The fourth-order valence-electron chi connectivity index (χ4n) is 3.35. The van der Waals surface area contributed by atoms with Crippen LogP contribution in [0.5, 0.6) is 0 Å². The maximum atomic E-state index is 3.79. The van der Waals surface area contributed by atoms with Crippen LogP contribution in [0.4, 0.5) is 0 Å². The summed E-state index contributed by atoms with van der Waals surface area (Å²) in [6, 6.07) is 0.821. The van der Waals surface area contributed by atoms with Gasteiger partial charge in [-0.2, -0.15) is 0 Å². The zero-order chi connectivity index (χ0) is 11.9. The van der Waals surface area contributed by atoms with E-state index in [0.29, 0.717) is 0 Å². The largest absolute Gasteiger partial charge is 0.316 e. The van der Waals surface area contributed by atoms with E-state index in [2.05, 4.69) is 17.6 Å². The molecule has 0 bridgehead atoms. The molecule has 0 spiro atoms. The lowest BCUT2D eigenvalue weighted by Gasteiger charge is -2.17. The monoisotopic (exact) mass is 238 g/mol. The molecule has 3 atom stereocenters. The standard InChI is InChI=1S/C15H30N2/c1-13-4-2-6-15(8-7-13)17-10-3-5-14-9-11-16-12-14/h13-17H,2-12H2,1H3. The van der Waals surface area contributed by atoms with Gasteiger partial charge >= 0.3 is 0 Å². The van der Waals surface area contributed by atoms with E-state index in [4.69, 9.17) is 0 Å². The third-order valence-corrected chi connectivity index (χ3v) is 4.64. The SMILES string of the molecule is CC1CCCC(NCCCC2CCNC2)CC1. The Bertz CT molecular complexity index is 199. The van der Waals surface area contributed by atoms with Crippen LogP contribution in [0.25, 0.3) is 0 Å². The van der Waals surface area contributed by atoms with Gasteiger partial charge in [-0.15, -0.1) is 0 Å². The molecule has 2 aliphatic rings. The van der Waals surface area contributed by atoms with Crippen LogP contribution >= 0.6 is 0 Å². The minimum Gasteiger partial charge on any atom is -0.316 e. The summed E-state index contributed by atoms with van der Waals surface area (Å²) in [5.74, 6) is 1.93. The number of hydrogen-bond donors (Lipinski definition) is 2. The molecule has 1 saturated carbocycles. The molecule has 1 saturated heterocycles. The fourth-order valence-corrected chi connectivity index (χ4v) is 3.35. The second kappa shape index (κ2) is 7.38. The lowest BCUT2D eigenvalue weighted by Crippen LogP contribution is -2.29. The van der Waals surface area contributed by atoms with Crippen molar-refractivity contribution in [3.05, 3.63) is 0 Å². The van der Waals surface area contributed by atoms with Crippen molar-refractivity contribution < 1.29 is 0 Å². The summed E-state index contributed by atoms with van der Waals surface area (Å²) in [4.78, 5) is 0. The van der Waals surface area contributed by atoms with Crippen LogP contribution < -0.4 is 10.6 Å². The van der Waals surface area contributed by atoms with Crippen molar-refractivity contribution in [3.63, 3.8) is 0 Å². The smallest absolute Gasteiger partial charge is 0.00671 e. The van der Waals surface area contributed by atoms with Gasteiger partial charge < -0.3 is 10.6 Å². The molecule has 17 heavy (non-hydrogen) atoms. The van der Waals surface area contributed by atoms with Gasteiger partial charge in [0.2, 0.25) is 0 Å². The lowest BCUT2D eigenvalue weighted by atomic mass is 10.0. The Kier molecular flexibility index (Phi) is 5.79. The Hall–Kier alpha value is -0.0800. The van der Waals surface area contributed by atoms with Crippen molar-refractivity contribution in [2.45, 2.75) is 64.3 Å². The van der Waals surface area contributed by atoms with Crippen LogP contribution in [0.2, 0.25) is 0 Å². The summed E-state index contributed by atoms with van der Waals surface area (Å²) in [6.45, 7) is 6.17. The second-order valence-corrected chi connectivity index (χ2v) is 6.27. The van der Waals surface area contributed by atoms with Crippen LogP contribution in [0, 0.1) is 11.8 Å². The summed E-state index contributed by atoms with van der Waals surface area (Å²) < 4.78 is 0. The highest BCUT2D eigenvalue weighted by Crippen LogP contribution is 2.22. The third kappa shape index (κ3) is 4.97. The Balaban J connectivity index is 1.52.